The van der Waals surface area contributed by atoms with Gasteiger partial charge in [0.15, 0.2) is 0 Å². The first-order valence-corrected chi connectivity index (χ1v) is 9.96. The molecule has 0 bridgehead atoms. The predicted octanol–water partition coefficient (Wildman–Crippen LogP) is 5.41. The van der Waals surface area contributed by atoms with Gasteiger partial charge in [0.2, 0.25) is 0 Å². The summed E-state index contributed by atoms with van der Waals surface area (Å²) in [6.07, 6.45) is 3.71. The lowest BCUT2D eigenvalue weighted by atomic mass is 9.78. The molecule has 4 nitrogen and oxygen atoms in total. The molecule has 0 radical (unpaired) electrons. The van der Waals surface area contributed by atoms with Crippen LogP contribution in [0.3, 0.4) is 0 Å². The van der Waals surface area contributed by atoms with E-state index in [-0.39, 0.29) is 5.91 Å². The Balaban J connectivity index is 1.88. The molecule has 0 aliphatic heterocycles. The first-order chi connectivity index (χ1) is 12.9. The Morgan fingerprint density at radius 2 is 1.96 bits per heavy atom. The number of ether oxygens (including phenoxy) is 2. The Morgan fingerprint density at radius 3 is 2.63 bits per heavy atom. The third-order valence-electron chi connectivity index (χ3n) is 5.46. The zero-order valence-electron chi connectivity index (χ0n) is 16.9. The van der Waals surface area contributed by atoms with Crippen molar-refractivity contribution in [2.75, 3.05) is 19.0 Å². The molecule has 0 unspecified atom stereocenters. The number of hydrogen-bond donors (Lipinski definition) is 1. The second-order valence-corrected chi connectivity index (χ2v) is 8.22. The van der Waals surface area contributed by atoms with Crippen LogP contribution >= 0.6 is 0 Å². The van der Waals surface area contributed by atoms with Crippen molar-refractivity contribution in [1.82, 2.24) is 0 Å². The number of hydrogen-bond acceptors (Lipinski definition) is 3. The Hall–Kier alpha value is -2.07. The average Bonchev–Trinajstić information content (AvgIpc) is 2.67. The maximum absolute atomic E-state index is 13.1. The first kappa shape index (κ1) is 19.7. The van der Waals surface area contributed by atoms with Gasteiger partial charge in [-0.05, 0) is 43.2 Å². The predicted molar refractivity (Wildman–Crippen MR) is 110 cm³/mol. The van der Waals surface area contributed by atoms with Crippen molar-refractivity contribution in [3.63, 3.8) is 0 Å². The minimum absolute atomic E-state index is 0.0439. The quantitative estimate of drug-likeness (QED) is 0.741. The number of benzene rings is 2. The molecule has 1 amide bonds. The summed E-state index contributed by atoms with van der Waals surface area (Å²) in [4.78, 5) is 13.1. The van der Waals surface area contributed by atoms with Gasteiger partial charge in [-0.2, -0.15) is 0 Å². The van der Waals surface area contributed by atoms with Gasteiger partial charge in [-0.1, -0.05) is 51.5 Å². The highest BCUT2D eigenvalue weighted by Gasteiger charge is 2.42. The summed E-state index contributed by atoms with van der Waals surface area (Å²) in [5.41, 5.74) is 0.0770. The van der Waals surface area contributed by atoms with Crippen LogP contribution in [0.5, 0.6) is 5.75 Å². The molecule has 0 aromatic heterocycles. The number of carbonyl (C=O) groups excluding carboxylic acids is 1. The highest BCUT2D eigenvalue weighted by molar-refractivity contribution is 6.06. The van der Waals surface area contributed by atoms with Crippen molar-refractivity contribution in [3.05, 3.63) is 36.4 Å². The second kappa shape index (κ2) is 8.30. The molecule has 2 aromatic carbocycles. The average molecular weight is 370 g/mol. The van der Waals surface area contributed by atoms with Gasteiger partial charge in [-0.3, -0.25) is 4.79 Å². The van der Waals surface area contributed by atoms with Crippen molar-refractivity contribution in [2.45, 2.75) is 52.1 Å². The maximum atomic E-state index is 13.1. The molecule has 2 aromatic rings. The standard InChI is InChI=1S/C23H31NO3/c1-16(2)15-27-21-12-11-20(18-9-5-6-10-19(18)21)24-22(25)23(26-4)13-7-8-17(3)14-23/h5-6,9-12,16-17H,7-8,13-15H2,1-4H3,(H,24,25)/t17-,23-/m1/s1. The van der Waals surface area contributed by atoms with Gasteiger partial charge in [-0.15, -0.1) is 0 Å². The summed E-state index contributed by atoms with van der Waals surface area (Å²) in [5, 5.41) is 5.14. The molecular weight excluding hydrogens is 338 g/mol. The lowest BCUT2D eigenvalue weighted by molar-refractivity contribution is -0.143. The van der Waals surface area contributed by atoms with Crippen LogP contribution in [0.2, 0.25) is 0 Å². The normalized spacial score (nSPS) is 22.8. The van der Waals surface area contributed by atoms with Gasteiger partial charge in [-0.25, -0.2) is 0 Å². The minimum atomic E-state index is -0.731. The van der Waals surface area contributed by atoms with Crippen LogP contribution in [0.25, 0.3) is 10.8 Å². The van der Waals surface area contributed by atoms with Crippen LogP contribution in [0, 0.1) is 11.8 Å². The maximum Gasteiger partial charge on any atom is 0.256 e. The summed E-state index contributed by atoms with van der Waals surface area (Å²) in [6.45, 7) is 7.12. The summed E-state index contributed by atoms with van der Waals surface area (Å²) in [5.74, 6) is 1.76. The van der Waals surface area contributed by atoms with E-state index in [4.69, 9.17) is 9.47 Å². The fourth-order valence-corrected chi connectivity index (χ4v) is 3.99. The number of methoxy groups -OCH3 is 1. The van der Waals surface area contributed by atoms with Crippen LogP contribution in [-0.4, -0.2) is 25.2 Å². The molecule has 1 saturated carbocycles. The molecule has 27 heavy (non-hydrogen) atoms. The monoisotopic (exact) mass is 369 g/mol. The number of anilines is 1. The van der Waals surface area contributed by atoms with Gasteiger partial charge < -0.3 is 14.8 Å². The van der Waals surface area contributed by atoms with Crippen molar-refractivity contribution in [1.29, 1.82) is 0 Å². The van der Waals surface area contributed by atoms with E-state index >= 15 is 0 Å². The summed E-state index contributed by atoms with van der Waals surface area (Å²) < 4.78 is 11.7. The molecule has 1 aliphatic rings. The molecule has 1 fully saturated rings. The fourth-order valence-electron chi connectivity index (χ4n) is 3.99. The van der Waals surface area contributed by atoms with E-state index in [1.807, 2.05) is 36.4 Å². The molecule has 1 N–H and O–H groups in total. The van der Waals surface area contributed by atoms with E-state index in [1.54, 1.807) is 7.11 Å². The first-order valence-electron chi connectivity index (χ1n) is 9.96. The molecular formula is C23H31NO3. The fraction of sp³-hybridized carbons (Fsp3) is 0.522. The van der Waals surface area contributed by atoms with Crippen molar-refractivity contribution in [2.24, 2.45) is 11.8 Å². The lowest BCUT2D eigenvalue weighted by Crippen LogP contribution is -2.47. The third kappa shape index (κ3) is 4.27. The van der Waals surface area contributed by atoms with Crippen LogP contribution in [0.15, 0.2) is 36.4 Å². The zero-order chi connectivity index (χ0) is 19.4. The summed E-state index contributed by atoms with van der Waals surface area (Å²) in [7, 11) is 1.65. The van der Waals surface area contributed by atoms with E-state index in [0.717, 1.165) is 47.9 Å². The summed E-state index contributed by atoms with van der Waals surface area (Å²) in [6, 6.07) is 11.9. The SMILES string of the molecule is CO[C@]1(C(=O)Nc2ccc(OCC(C)C)c3ccccc23)CCC[C@@H](C)C1. The minimum Gasteiger partial charge on any atom is -0.493 e. The molecule has 1 aliphatic carbocycles. The Kier molecular flexibility index (Phi) is 6.05. The number of fused-ring (bicyclic) bond motifs is 1. The topological polar surface area (TPSA) is 47.6 Å². The van der Waals surface area contributed by atoms with Gasteiger partial charge in [0.25, 0.3) is 5.91 Å². The van der Waals surface area contributed by atoms with E-state index in [1.165, 1.54) is 0 Å². The van der Waals surface area contributed by atoms with Crippen LogP contribution in [0.1, 0.15) is 46.5 Å². The van der Waals surface area contributed by atoms with Crippen LogP contribution < -0.4 is 10.1 Å². The van der Waals surface area contributed by atoms with Crippen molar-refractivity contribution in [3.8, 4) is 5.75 Å². The van der Waals surface area contributed by atoms with Crippen molar-refractivity contribution < 1.29 is 14.3 Å². The smallest absolute Gasteiger partial charge is 0.256 e. The van der Waals surface area contributed by atoms with E-state index < -0.39 is 5.60 Å². The molecule has 2 atom stereocenters. The largest absolute Gasteiger partial charge is 0.493 e. The number of carbonyl (C=O) groups is 1. The molecule has 0 saturated heterocycles. The molecule has 0 heterocycles. The molecule has 3 rings (SSSR count). The second-order valence-electron chi connectivity index (χ2n) is 8.22. The molecule has 4 heteroatoms. The van der Waals surface area contributed by atoms with E-state index in [0.29, 0.717) is 18.4 Å². The van der Waals surface area contributed by atoms with Gasteiger partial charge in [0.1, 0.15) is 11.4 Å². The Bertz CT molecular complexity index is 801. The summed E-state index contributed by atoms with van der Waals surface area (Å²) >= 11 is 0. The lowest BCUT2D eigenvalue weighted by Gasteiger charge is -2.37. The van der Waals surface area contributed by atoms with Gasteiger partial charge in [0, 0.05) is 23.6 Å². The third-order valence-corrected chi connectivity index (χ3v) is 5.46. The highest BCUT2D eigenvalue weighted by Crippen LogP contribution is 2.37. The van der Waals surface area contributed by atoms with Crippen LogP contribution in [0.4, 0.5) is 5.69 Å². The Labute approximate surface area is 162 Å². The number of rotatable bonds is 6. The van der Waals surface area contributed by atoms with Crippen molar-refractivity contribution >= 4 is 22.4 Å². The Morgan fingerprint density at radius 1 is 1.22 bits per heavy atom. The molecule has 0 spiro atoms. The van der Waals surface area contributed by atoms with E-state index in [2.05, 4.69) is 26.1 Å². The van der Waals surface area contributed by atoms with E-state index in [9.17, 15) is 4.79 Å². The van der Waals surface area contributed by atoms with Crippen LogP contribution in [-0.2, 0) is 9.53 Å². The van der Waals surface area contributed by atoms with Gasteiger partial charge in [0.05, 0.1) is 6.61 Å². The number of nitrogens with one attached hydrogen (secondary N) is 1. The van der Waals surface area contributed by atoms with Gasteiger partial charge >= 0.3 is 0 Å². The number of amides is 1. The zero-order valence-corrected chi connectivity index (χ0v) is 16.9. The highest BCUT2D eigenvalue weighted by atomic mass is 16.5. The molecule has 146 valence electrons.